The van der Waals surface area contributed by atoms with Crippen LogP contribution < -0.4 is 5.32 Å². The summed E-state index contributed by atoms with van der Waals surface area (Å²) in [5.41, 5.74) is 3.21. The Morgan fingerprint density at radius 2 is 1.96 bits per heavy atom. The smallest absolute Gasteiger partial charge is 0.225 e. The van der Waals surface area contributed by atoms with Gasteiger partial charge in [-0.2, -0.15) is 0 Å². The van der Waals surface area contributed by atoms with Gasteiger partial charge in [0.05, 0.1) is 11.3 Å². The maximum Gasteiger partial charge on any atom is 0.225 e. The van der Waals surface area contributed by atoms with E-state index >= 15 is 0 Å². The molecule has 148 valence electrons. The Bertz CT molecular complexity index is 724. The Kier molecular flexibility index (Phi) is 7.23. The summed E-state index contributed by atoms with van der Waals surface area (Å²) in [6.07, 6.45) is 7.23. The number of allylic oxidation sites excluding steroid dienone is 5. The summed E-state index contributed by atoms with van der Waals surface area (Å²) >= 11 is 0. The maximum absolute atomic E-state index is 13.3. The molecule has 4 heteroatoms. The molecule has 27 heavy (non-hydrogen) atoms. The first kappa shape index (κ1) is 21.2. The molecule has 0 heterocycles. The fourth-order valence-corrected chi connectivity index (χ4v) is 4.13. The second-order valence-corrected chi connectivity index (χ2v) is 7.79. The number of hydrogen-bond acceptors (Lipinski definition) is 4. The molecule has 0 fully saturated rings. The number of ketones is 2. The standard InChI is InChI=1S/C23H33NO3/c1-6-8-9-10-17-20(24-7-2)22(26)19(23(27)21(17)25)18-13-15(5)11-12-16(18)14(3)4/h13,16,18,24,27H,3,6-12H2,1-2,4-5H3/t16?,18-/m1/s1. The SMILES string of the molecule is C=C(C)C1CCC(C)=C[C@H]1C1=C(O)C(=O)C(CCCCC)=C(NCC)C1=O. The number of nitrogens with one attached hydrogen (secondary N) is 1. The highest BCUT2D eigenvalue weighted by molar-refractivity contribution is 6.24. The number of carbonyl (C=O) groups excluding carboxylic acids is 2. The van der Waals surface area contributed by atoms with Crippen LogP contribution >= 0.6 is 0 Å². The van der Waals surface area contributed by atoms with Crippen molar-refractivity contribution in [3.8, 4) is 0 Å². The van der Waals surface area contributed by atoms with Crippen molar-refractivity contribution in [2.45, 2.75) is 66.2 Å². The van der Waals surface area contributed by atoms with E-state index in [2.05, 4.69) is 18.8 Å². The zero-order chi connectivity index (χ0) is 20.1. The van der Waals surface area contributed by atoms with Crippen molar-refractivity contribution in [2.75, 3.05) is 6.54 Å². The van der Waals surface area contributed by atoms with E-state index in [0.29, 0.717) is 24.2 Å². The molecule has 2 atom stereocenters. The number of Topliss-reactive ketones (excluding diaryl/α,β-unsaturated/α-hetero) is 2. The number of aliphatic hydroxyl groups is 1. The summed E-state index contributed by atoms with van der Waals surface area (Å²) in [6, 6.07) is 0. The molecule has 0 bridgehead atoms. The van der Waals surface area contributed by atoms with Crippen molar-refractivity contribution in [1.82, 2.24) is 5.32 Å². The summed E-state index contributed by atoms with van der Waals surface area (Å²) < 4.78 is 0. The summed E-state index contributed by atoms with van der Waals surface area (Å²) in [5, 5.41) is 13.9. The van der Waals surface area contributed by atoms with Crippen LogP contribution in [-0.2, 0) is 9.59 Å². The first-order valence-corrected chi connectivity index (χ1v) is 10.2. The van der Waals surface area contributed by atoms with E-state index in [1.165, 1.54) is 5.57 Å². The minimum Gasteiger partial charge on any atom is -0.504 e. The number of rotatable bonds is 8. The van der Waals surface area contributed by atoms with Crippen LogP contribution in [-0.4, -0.2) is 23.2 Å². The van der Waals surface area contributed by atoms with Gasteiger partial charge < -0.3 is 10.4 Å². The van der Waals surface area contributed by atoms with Gasteiger partial charge in [0, 0.05) is 18.0 Å². The minimum atomic E-state index is -0.395. The Morgan fingerprint density at radius 1 is 1.26 bits per heavy atom. The van der Waals surface area contributed by atoms with Gasteiger partial charge in [0.25, 0.3) is 0 Å². The van der Waals surface area contributed by atoms with E-state index in [9.17, 15) is 14.7 Å². The zero-order valence-electron chi connectivity index (χ0n) is 17.2. The maximum atomic E-state index is 13.3. The molecule has 0 spiro atoms. The van der Waals surface area contributed by atoms with Gasteiger partial charge in [0.1, 0.15) is 0 Å². The van der Waals surface area contributed by atoms with Crippen molar-refractivity contribution in [3.63, 3.8) is 0 Å². The number of unbranched alkanes of at least 4 members (excludes halogenated alkanes) is 2. The average molecular weight is 372 g/mol. The molecule has 0 radical (unpaired) electrons. The van der Waals surface area contributed by atoms with Crippen LogP contribution in [0.4, 0.5) is 0 Å². The summed E-state index contributed by atoms with van der Waals surface area (Å²) in [7, 11) is 0. The van der Waals surface area contributed by atoms with E-state index in [1.807, 2.05) is 26.8 Å². The Labute approximate surface area is 163 Å². The summed E-state index contributed by atoms with van der Waals surface area (Å²) in [4.78, 5) is 26.3. The predicted molar refractivity (Wildman–Crippen MR) is 109 cm³/mol. The van der Waals surface area contributed by atoms with E-state index in [0.717, 1.165) is 37.7 Å². The Balaban J connectivity index is 2.49. The molecule has 0 amide bonds. The lowest BCUT2D eigenvalue weighted by Gasteiger charge is -2.34. The molecule has 2 aliphatic rings. The molecule has 2 rings (SSSR count). The number of carbonyl (C=O) groups is 2. The first-order chi connectivity index (χ1) is 12.8. The highest BCUT2D eigenvalue weighted by Gasteiger charge is 2.40. The molecule has 0 aromatic carbocycles. The molecule has 1 unspecified atom stereocenters. The molecule has 0 aliphatic heterocycles. The third-order valence-corrected chi connectivity index (χ3v) is 5.62. The molecular formula is C23H33NO3. The quantitative estimate of drug-likeness (QED) is 0.360. The topological polar surface area (TPSA) is 66.4 Å². The highest BCUT2D eigenvalue weighted by atomic mass is 16.3. The molecule has 0 aromatic rings. The van der Waals surface area contributed by atoms with Crippen LogP contribution in [0.3, 0.4) is 0 Å². The number of hydrogen-bond donors (Lipinski definition) is 2. The molecule has 4 nitrogen and oxygen atoms in total. The van der Waals surface area contributed by atoms with Gasteiger partial charge in [-0.25, -0.2) is 0 Å². The molecular weight excluding hydrogens is 338 g/mol. The van der Waals surface area contributed by atoms with Crippen molar-refractivity contribution in [3.05, 3.63) is 46.4 Å². The lowest BCUT2D eigenvalue weighted by atomic mass is 9.70. The van der Waals surface area contributed by atoms with Crippen molar-refractivity contribution < 1.29 is 14.7 Å². The van der Waals surface area contributed by atoms with E-state index in [1.54, 1.807) is 0 Å². The summed E-state index contributed by atoms with van der Waals surface area (Å²) in [5.74, 6) is -1.22. The zero-order valence-corrected chi connectivity index (χ0v) is 17.2. The molecule has 0 saturated carbocycles. The van der Waals surface area contributed by atoms with E-state index < -0.39 is 5.78 Å². The normalized spacial score (nSPS) is 23.6. The van der Waals surface area contributed by atoms with Gasteiger partial charge in [-0.3, -0.25) is 9.59 Å². The number of likely N-dealkylation sites (N-methyl/N-ethyl adjacent to an activating group) is 1. The van der Waals surface area contributed by atoms with Crippen LogP contribution in [0, 0.1) is 11.8 Å². The second kappa shape index (κ2) is 9.20. The predicted octanol–water partition coefficient (Wildman–Crippen LogP) is 4.94. The minimum absolute atomic E-state index is 0.0621. The molecule has 2 N–H and O–H groups in total. The first-order valence-electron chi connectivity index (χ1n) is 10.2. The van der Waals surface area contributed by atoms with Crippen LogP contribution in [0.5, 0.6) is 0 Å². The number of aliphatic hydroxyl groups excluding tert-OH is 1. The highest BCUT2D eigenvalue weighted by Crippen LogP contribution is 2.41. The second-order valence-electron chi connectivity index (χ2n) is 7.79. The third kappa shape index (κ3) is 4.42. The third-order valence-electron chi connectivity index (χ3n) is 5.62. The summed E-state index contributed by atoms with van der Waals surface area (Å²) in [6.45, 7) is 12.6. The van der Waals surface area contributed by atoms with Gasteiger partial charge in [-0.15, -0.1) is 0 Å². The average Bonchev–Trinajstić information content (AvgIpc) is 2.62. The van der Waals surface area contributed by atoms with Gasteiger partial charge in [-0.1, -0.05) is 43.6 Å². The molecule has 0 aromatic heterocycles. The molecule has 2 aliphatic carbocycles. The van der Waals surface area contributed by atoms with Crippen LogP contribution in [0.25, 0.3) is 0 Å². The van der Waals surface area contributed by atoms with Crippen molar-refractivity contribution >= 4 is 11.6 Å². The van der Waals surface area contributed by atoms with Crippen molar-refractivity contribution in [1.29, 1.82) is 0 Å². The van der Waals surface area contributed by atoms with Crippen LogP contribution in [0.1, 0.15) is 66.2 Å². The fourth-order valence-electron chi connectivity index (χ4n) is 4.13. The van der Waals surface area contributed by atoms with Crippen LogP contribution in [0.2, 0.25) is 0 Å². The van der Waals surface area contributed by atoms with Crippen LogP contribution in [0.15, 0.2) is 46.4 Å². The van der Waals surface area contributed by atoms with Gasteiger partial charge in [0.2, 0.25) is 11.6 Å². The lowest BCUT2D eigenvalue weighted by Crippen LogP contribution is -2.36. The van der Waals surface area contributed by atoms with E-state index in [-0.39, 0.29) is 29.0 Å². The lowest BCUT2D eigenvalue weighted by molar-refractivity contribution is -0.119. The Hall–Kier alpha value is -2.10. The Morgan fingerprint density at radius 3 is 2.56 bits per heavy atom. The van der Waals surface area contributed by atoms with E-state index in [4.69, 9.17) is 0 Å². The van der Waals surface area contributed by atoms with Crippen molar-refractivity contribution in [2.24, 2.45) is 11.8 Å². The van der Waals surface area contributed by atoms with Gasteiger partial charge >= 0.3 is 0 Å². The van der Waals surface area contributed by atoms with Gasteiger partial charge in [0.15, 0.2) is 5.76 Å². The monoisotopic (exact) mass is 371 g/mol. The fraction of sp³-hybridized carbons (Fsp3) is 0.565. The van der Waals surface area contributed by atoms with Gasteiger partial charge in [-0.05, 0) is 52.4 Å². The largest absolute Gasteiger partial charge is 0.504 e. The molecule has 0 saturated heterocycles.